The van der Waals surface area contributed by atoms with Gasteiger partial charge in [0.05, 0.1) is 6.61 Å². The molecule has 32 heavy (non-hydrogen) atoms. The Kier molecular flexibility index (Phi) is 5.81. The zero-order valence-corrected chi connectivity index (χ0v) is 18.2. The summed E-state index contributed by atoms with van der Waals surface area (Å²) in [6, 6.07) is 16.5. The zero-order valence-electron chi connectivity index (χ0n) is 18.2. The third-order valence-corrected chi connectivity index (χ3v) is 7.13. The van der Waals surface area contributed by atoms with E-state index >= 15 is 4.39 Å². The van der Waals surface area contributed by atoms with Crippen molar-refractivity contribution in [2.75, 3.05) is 6.61 Å². The van der Waals surface area contributed by atoms with E-state index in [2.05, 4.69) is 6.92 Å². The first kappa shape index (κ1) is 21.3. The summed E-state index contributed by atoms with van der Waals surface area (Å²) in [5, 5.41) is 0. The van der Waals surface area contributed by atoms with E-state index in [9.17, 15) is 8.78 Å². The largest absolute Gasteiger partial charge is 0.368 e. The van der Waals surface area contributed by atoms with Gasteiger partial charge in [-0.3, -0.25) is 0 Å². The van der Waals surface area contributed by atoms with Crippen LogP contribution in [0.3, 0.4) is 0 Å². The predicted octanol–water partition coefficient (Wildman–Crippen LogP) is 7.85. The summed E-state index contributed by atoms with van der Waals surface area (Å²) in [5.74, 6) is -1.47. The van der Waals surface area contributed by atoms with Crippen LogP contribution in [-0.4, -0.2) is 6.61 Å². The number of halogens is 3. The van der Waals surface area contributed by atoms with Gasteiger partial charge >= 0.3 is 0 Å². The summed E-state index contributed by atoms with van der Waals surface area (Å²) in [6.45, 7) is 2.65. The van der Waals surface area contributed by atoms with Gasteiger partial charge in [-0.25, -0.2) is 13.2 Å². The second kappa shape index (κ2) is 8.74. The Morgan fingerprint density at radius 3 is 2.06 bits per heavy atom. The third-order valence-electron chi connectivity index (χ3n) is 7.13. The second-order valence-corrected chi connectivity index (χ2v) is 9.03. The maximum Gasteiger partial charge on any atom is 0.166 e. The molecule has 3 aromatic carbocycles. The smallest absolute Gasteiger partial charge is 0.166 e. The summed E-state index contributed by atoms with van der Waals surface area (Å²) < 4.78 is 49.6. The molecule has 166 valence electrons. The molecule has 2 fully saturated rings. The highest BCUT2D eigenvalue weighted by Crippen LogP contribution is 2.43. The molecule has 1 aliphatic heterocycles. The monoisotopic (exact) mass is 436 g/mol. The molecule has 5 rings (SSSR count). The van der Waals surface area contributed by atoms with E-state index in [-0.39, 0.29) is 23.8 Å². The molecular formula is C28H27F3O. The van der Waals surface area contributed by atoms with Gasteiger partial charge in [0.25, 0.3) is 0 Å². The van der Waals surface area contributed by atoms with Crippen molar-refractivity contribution in [3.63, 3.8) is 0 Å². The molecule has 1 atom stereocenters. The zero-order chi connectivity index (χ0) is 22.2. The topological polar surface area (TPSA) is 12.5 Å². The number of aryl methyl sites for hydroxylation is 1. The van der Waals surface area contributed by atoms with E-state index in [1.165, 1.54) is 5.56 Å². The van der Waals surface area contributed by atoms with Crippen molar-refractivity contribution < 1.29 is 17.9 Å². The van der Waals surface area contributed by atoms with Crippen LogP contribution in [0.2, 0.25) is 0 Å². The van der Waals surface area contributed by atoms with Crippen molar-refractivity contribution in [3.8, 4) is 11.1 Å². The maximum absolute atomic E-state index is 15.0. The normalized spacial score (nSPS) is 22.7. The molecule has 0 amide bonds. The molecule has 1 saturated carbocycles. The first-order chi connectivity index (χ1) is 15.5. The average Bonchev–Trinajstić information content (AvgIpc) is 3.66. The fraction of sp³-hybridized carbons (Fsp3) is 0.357. The van der Waals surface area contributed by atoms with E-state index < -0.39 is 11.6 Å². The molecule has 0 aromatic heterocycles. The fourth-order valence-corrected chi connectivity index (χ4v) is 5.05. The third kappa shape index (κ3) is 4.09. The molecule has 0 radical (unpaired) electrons. The molecule has 0 bridgehead atoms. The lowest BCUT2D eigenvalue weighted by Crippen LogP contribution is -2.14. The molecule has 3 aromatic rings. The molecule has 2 aliphatic rings. The number of hydrogen-bond acceptors (Lipinski definition) is 1. The second-order valence-electron chi connectivity index (χ2n) is 9.03. The highest BCUT2D eigenvalue weighted by Gasteiger charge is 2.30. The lowest BCUT2D eigenvalue weighted by molar-refractivity contribution is 0.380. The molecule has 1 nitrogen and oxygen atoms in total. The summed E-state index contributed by atoms with van der Waals surface area (Å²) >= 11 is 0. The van der Waals surface area contributed by atoms with Crippen molar-refractivity contribution >= 4 is 0 Å². The van der Waals surface area contributed by atoms with E-state index in [1.807, 2.05) is 36.4 Å². The average molecular weight is 437 g/mol. The maximum atomic E-state index is 15.0. The van der Waals surface area contributed by atoms with Crippen LogP contribution in [0.25, 0.3) is 11.1 Å². The van der Waals surface area contributed by atoms with Crippen molar-refractivity contribution in [2.24, 2.45) is 0 Å². The van der Waals surface area contributed by atoms with Gasteiger partial charge in [-0.15, -0.1) is 0 Å². The number of ether oxygens (including phenoxy) is 1. The highest BCUT2D eigenvalue weighted by molar-refractivity contribution is 5.65. The Labute approximate surface area is 187 Å². The van der Waals surface area contributed by atoms with Gasteiger partial charge in [0, 0.05) is 11.1 Å². The molecule has 0 N–H and O–H groups in total. The fourth-order valence-electron chi connectivity index (χ4n) is 5.05. The molecule has 1 aliphatic carbocycles. The Morgan fingerprint density at radius 1 is 0.781 bits per heavy atom. The number of hydrogen-bond donors (Lipinski definition) is 0. The van der Waals surface area contributed by atoms with Gasteiger partial charge in [0.15, 0.2) is 11.6 Å². The quantitative estimate of drug-likeness (QED) is 0.371. The van der Waals surface area contributed by atoms with Crippen molar-refractivity contribution in [3.05, 3.63) is 94.3 Å². The van der Waals surface area contributed by atoms with Gasteiger partial charge in [0.1, 0.15) is 11.9 Å². The van der Waals surface area contributed by atoms with Crippen LogP contribution < -0.4 is 0 Å². The number of rotatable bonds is 5. The summed E-state index contributed by atoms with van der Waals surface area (Å²) in [4.78, 5) is 0. The van der Waals surface area contributed by atoms with Crippen molar-refractivity contribution in [2.45, 2.75) is 57.0 Å². The van der Waals surface area contributed by atoms with Gasteiger partial charge in [0.2, 0.25) is 0 Å². The van der Waals surface area contributed by atoms with Crippen molar-refractivity contribution in [1.29, 1.82) is 0 Å². The minimum absolute atomic E-state index is 0.0127. The Morgan fingerprint density at radius 2 is 1.44 bits per heavy atom. The SMILES string of the molecule is CCc1ccc(-c2ccc(C3CCC(c4ccc(C5CO5)c(F)c4)CC3)c(F)c2F)cc1. The van der Waals surface area contributed by atoms with Gasteiger partial charge in [-0.05, 0) is 72.3 Å². The van der Waals surface area contributed by atoms with Crippen LogP contribution >= 0.6 is 0 Å². The van der Waals surface area contributed by atoms with Crippen LogP contribution in [-0.2, 0) is 11.2 Å². The Bertz CT molecular complexity index is 1110. The standard InChI is InChI=1S/C28H27F3O/c1-2-17-3-5-19(6-4-17)22-13-14-23(28(31)27(22)30)20-9-7-18(8-10-20)21-11-12-24(25(29)15-21)26-16-32-26/h3-6,11-15,18,20,26H,2,7-10,16H2,1H3. The van der Waals surface area contributed by atoms with E-state index in [4.69, 9.17) is 4.74 Å². The molecular weight excluding hydrogens is 409 g/mol. The summed E-state index contributed by atoms with van der Waals surface area (Å²) in [6.07, 6.45) is 4.02. The van der Waals surface area contributed by atoms with E-state index in [0.29, 0.717) is 28.9 Å². The van der Waals surface area contributed by atoms with Crippen LogP contribution in [0.1, 0.15) is 72.8 Å². The highest BCUT2D eigenvalue weighted by atomic mass is 19.2. The predicted molar refractivity (Wildman–Crippen MR) is 120 cm³/mol. The van der Waals surface area contributed by atoms with Gasteiger partial charge < -0.3 is 4.74 Å². The van der Waals surface area contributed by atoms with Crippen LogP contribution in [0.4, 0.5) is 13.2 Å². The van der Waals surface area contributed by atoms with Crippen LogP contribution in [0.15, 0.2) is 54.6 Å². The van der Waals surface area contributed by atoms with E-state index in [1.54, 1.807) is 18.2 Å². The molecule has 1 heterocycles. The lowest BCUT2D eigenvalue weighted by atomic mass is 9.75. The summed E-state index contributed by atoms with van der Waals surface area (Å²) in [5.41, 5.74) is 4.24. The van der Waals surface area contributed by atoms with Crippen LogP contribution in [0, 0.1) is 17.5 Å². The lowest BCUT2D eigenvalue weighted by Gasteiger charge is -2.29. The molecule has 1 unspecified atom stereocenters. The Balaban J connectivity index is 1.30. The van der Waals surface area contributed by atoms with Gasteiger partial charge in [-0.2, -0.15) is 0 Å². The molecule has 4 heteroatoms. The molecule has 1 saturated heterocycles. The minimum atomic E-state index is -0.770. The first-order valence-corrected chi connectivity index (χ1v) is 11.5. The van der Waals surface area contributed by atoms with E-state index in [0.717, 1.165) is 37.7 Å². The molecule has 0 spiro atoms. The number of epoxide rings is 1. The van der Waals surface area contributed by atoms with Crippen LogP contribution in [0.5, 0.6) is 0 Å². The Hall–Kier alpha value is -2.59. The summed E-state index contributed by atoms with van der Waals surface area (Å²) in [7, 11) is 0. The number of benzene rings is 3. The minimum Gasteiger partial charge on any atom is -0.368 e. The van der Waals surface area contributed by atoms with Crippen molar-refractivity contribution in [1.82, 2.24) is 0 Å². The first-order valence-electron chi connectivity index (χ1n) is 11.5. The van der Waals surface area contributed by atoms with Gasteiger partial charge in [-0.1, -0.05) is 55.5 Å².